The van der Waals surface area contributed by atoms with Crippen LogP contribution in [0.1, 0.15) is 5.69 Å². The van der Waals surface area contributed by atoms with E-state index < -0.39 is 0 Å². The maximum absolute atomic E-state index is 11.8. The van der Waals surface area contributed by atoms with Crippen molar-refractivity contribution in [2.24, 2.45) is 7.05 Å². The predicted molar refractivity (Wildman–Crippen MR) is 66.3 cm³/mol. The molecule has 2 rings (SSSR count). The third-order valence-electron chi connectivity index (χ3n) is 2.22. The number of hydrogen-bond donors (Lipinski definition) is 1. The van der Waals surface area contributed by atoms with Crippen molar-refractivity contribution >= 4 is 23.4 Å². The average molecular weight is 255 g/mol. The molecule has 5 heteroatoms. The number of benzene rings is 1. The summed E-state index contributed by atoms with van der Waals surface area (Å²) < 4.78 is 1.47. The van der Waals surface area contributed by atoms with E-state index in [1.54, 1.807) is 7.05 Å². The minimum atomic E-state index is -0.0255. The van der Waals surface area contributed by atoms with Crippen LogP contribution in [0, 0.1) is 6.92 Å². The molecular formula is C11H11ClN2OS. The van der Waals surface area contributed by atoms with Gasteiger partial charge in [0.15, 0.2) is 0 Å². The molecular weight excluding hydrogens is 244 g/mol. The van der Waals surface area contributed by atoms with Gasteiger partial charge in [-0.15, -0.1) is 0 Å². The van der Waals surface area contributed by atoms with Crippen LogP contribution in [-0.2, 0) is 7.05 Å². The van der Waals surface area contributed by atoms with Gasteiger partial charge < -0.3 is 0 Å². The van der Waals surface area contributed by atoms with Gasteiger partial charge in [-0.3, -0.25) is 14.6 Å². The molecule has 0 unspecified atom stereocenters. The maximum atomic E-state index is 11.8. The van der Waals surface area contributed by atoms with Crippen LogP contribution < -0.4 is 5.56 Å². The van der Waals surface area contributed by atoms with E-state index in [1.807, 2.05) is 31.2 Å². The van der Waals surface area contributed by atoms with Crippen LogP contribution in [0.25, 0.3) is 0 Å². The Morgan fingerprint density at radius 2 is 2.06 bits per heavy atom. The SMILES string of the molecule is Cc1[nH]n(C)c(=O)c1Sc1ccccc1Cl. The summed E-state index contributed by atoms with van der Waals surface area (Å²) in [4.78, 5) is 13.4. The molecule has 16 heavy (non-hydrogen) atoms. The van der Waals surface area contributed by atoms with E-state index in [-0.39, 0.29) is 5.56 Å². The fourth-order valence-corrected chi connectivity index (χ4v) is 2.63. The van der Waals surface area contributed by atoms with Gasteiger partial charge in [0.2, 0.25) is 0 Å². The zero-order valence-corrected chi connectivity index (χ0v) is 10.5. The third-order valence-corrected chi connectivity index (χ3v) is 3.93. The summed E-state index contributed by atoms with van der Waals surface area (Å²) in [6, 6.07) is 7.49. The summed E-state index contributed by atoms with van der Waals surface area (Å²) in [5.41, 5.74) is 0.833. The number of aryl methyl sites for hydroxylation is 2. The monoisotopic (exact) mass is 254 g/mol. The zero-order chi connectivity index (χ0) is 11.7. The fourth-order valence-electron chi connectivity index (χ4n) is 1.42. The van der Waals surface area contributed by atoms with E-state index in [4.69, 9.17) is 11.6 Å². The van der Waals surface area contributed by atoms with Gasteiger partial charge in [-0.2, -0.15) is 0 Å². The van der Waals surface area contributed by atoms with Gasteiger partial charge in [-0.1, -0.05) is 35.5 Å². The second-order valence-corrected chi connectivity index (χ2v) is 4.92. The number of aromatic amines is 1. The molecule has 3 nitrogen and oxygen atoms in total. The molecule has 0 bridgehead atoms. The molecule has 0 spiro atoms. The molecule has 0 saturated carbocycles. The topological polar surface area (TPSA) is 37.8 Å². The number of halogens is 1. The molecule has 0 radical (unpaired) electrons. The number of H-pyrrole nitrogens is 1. The zero-order valence-electron chi connectivity index (χ0n) is 8.95. The Morgan fingerprint density at radius 1 is 1.38 bits per heavy atom. The largest absolute Gasteiger partial charge is 0.299 e. The summed E-state index contributed by atoms with van der Waals surface area (Å²) in [5, 5.41) is 3.62. The number of rotatable bonds is 2. The highest BCUT2D eigenvalue weighted by molar-refractivity contribution is 7.99. The van der Waals surface area contributed by atoms with E-state index >= 15 is 0 Å². The Labute approximate surface area is 102 Å². The van der Waals surface area contributed by atoms with Crippen molar-refractivity contribution in [3.63, 3.8) is 0 Å². The Morgan fingerprint density at radius 3 is 2.62 bits per heavy atom. The fraction of sp³-hybridized carbons (Fsp3) is 0.182. The quantitative estimate of drug-likeness (QED) is 0.895. The van der Waals surface area contributed by atoms with Gasteiger partial charge in [-0.05, 0) is 19.1 Å². The van der Waals surface area contributed by atoms with Crippen molar-refractivity contribution < 1.29 is 0 Å². The number of hydrogen-bond acceptors (Lipinski definition) is 2. The van der Waals surface area contributed by atoms with Gasteiger partial charge in [-0.25, -0.2) is 0 Å². The van der Waals surface area contributed by atoms with Crippen molar-refractivity contribution in [2.45, 2.75) is 16.7 Å². The maximum Gasteiger partial charge on any atom is 0.280 e. The molecule has 1 aromatic heterocycles. The first-order valence-corrected chi connectivity index (χ1v) is 5.97. The highest BCUT2D eigenvalue weighted by Gasteiger charge is 2.11. The molecule has 1 heterocycles. The lowest BCUT2D eigenvalue weighted by atomic mass is 10.4. The Balaban J connectivity index is 2.42. The van der Waals surface area contributed by atoms with Gasteiger partial charge in [0, 0.05) is 17.6 Å². The smallest absolute Gasteiger partial charge is 0.280 e. The molecule has 0 atom stereocenters. The first-order valence-electron chi connectivity index (χ1n) is 4.77. The molecule has 84 valence electrons. The molecule has 1 N–H and O–H groups in total. The van der Waals surface area contributed by atoms with Crippen LogP contribution in [0.2, 0.25) is 5.02 Å². The molecule has 0 aliphatic heterocycles. The first kappa shape index (κ1) is 11.4. The summed E-state index contributed by atoms with van der Waals surface area (Å²) in [5.74, 6) is 0. The van der Waals surface area contributed by atoms with E-state index in [9.17, 15) is 4.79 Å². The van der Waals surface area contributed by atoms with Crippen LogP contribution in [0.4, 0.5) is 0 Å². The van der Waals surface area contributed by atoms with E-state index in [1.165, 1.54) is 16.4 Å². The second kappa shape index (κ2) is 4.39. The second-order valence-electron chi connectivity index (χ2n) is 3.46. The Kier molecular flexibility index (Phi) is 3.12. The first-order chi connectivity index (χ1) is 7.59. The van der Waals surface area contributed by atoms with E-state index in [2.05, 4.69) is 5.10 Å². The summed E-state index contributed by atoms with van der Waals surface area (Å²) in [6.07, 6.45) is 0. The van der Waals surface area contributed by atoms with Crippen LogP contribution in [0.15, 0.2) is 38.9 Å². The summed E-state index contributed by atoms with van der Waals surface area (Å²) in [6.45, 7) is 1.88. The Bertz CT molecular complexity index is 574. The summed E-state index contributed by atoms with van der Waals surface area (Å²) >= 11 is 7.44. The average Bonchev–Trinajstić information content (AvgIpc) is 2.48. The van der Waals surface area contributed by atoms with Crippen molar-refractivity contribution in [3.8, 4) is 0 Å². The molecule has 2 aromatic rings. The number of nitrogens with zero attached hydrogens (tertiary/aromatic N) is 1. The van der Waals surface area contributed by atoms with Gasteiger partial charge in [0.05, 0.1) is 9.92 Å². The minimum Gasteiger partial charge on any atom is -0.299 e. The molecule has 1 aromatic carbocycles. The molecule has 0 aliphatic carbocycles. The molecule has 0 saturated heterocycles. The number of aromatic nitrogens is 2. The Hall–Kier alpha value is -1.13. The lowest BCUT2D eigenvalue weighted by Crippen LogP contribution is -2.12. The van der Waals surface area contributed by atoms with Gasteiger partial charge in [0.25, 0.3) is 5.56 Å². The standard InChI is InChI=1S/C11H11ClN2OS/c1-7-10(11(15)14(2)13-7)16-9-6-4-3-5-8(9)12/h3-6,13H,1-2H3. The normalized spacial score (nSPS) is 10.7. The van der Waals surface area contributed by atoms with Crippen LogP contribution in [0.3, 0.4) is 0 Å². The van der Waals surface area contributed by atoms with E-state index in [0.717, 1.165) is 10.6 Å². The van der Waals surface area contributed by atoms with Crippen LogP contribution in [0.5, 0.6) is 0 Å². The van der Waals surface area contributed by atoms with Crippen molar-refractivity contribution in [1.82, 2.24) is 9.78 Å². The van der Waals surface area contributed by atoms with E-state index in [0.29, 0.717) is 9.92 Å². The third kappa shape index (κ3) is 2.03. The van der Waals surface area contributed by atoms with Gasteiger partial charge >= 0.3 is 0 Å². The van der Waals surface area contributed by atoms with Gasteiger partial charge in [0.1, 0.15) is 0 Å². The highest BCUT2D eigenvalue weighted by atomic mass is 35.5. The predicted octanol–water partition coefficient (Wildman–Crippen LogP) is 2.83. The molecule has 0 fully saturated rings. The minimum absolute atomic E-state index is 0.0255. The highest BCUT2D eigenvalue weighted by Crippen LogP contribution is 2.32. The number of nitrogens with one attached hydrogen (secondary N) is 1. The van der Waals surface area contributed by atoms with Crippen LogP contribution in [-0.4, -0.2) is 9.78 Å². The lowest BCUT2D eigenvalue weighted by Gasteiger charge is -2.01. The summed E-state index contributed by atoms with van der Waals surface area (Å²) in [7, 11) is 1.70. The van der Waals surface area contributed by atoms with Crippen molar-refractivity contribution in [3.05, 3.63) is 45.3 Å². The van der Waals surface area contributed by atoms with Crippen molar-refractivity contribution in [2.75, 3.05) is 0 Å². The lowest BCUT2D eigenvalue weighted by molar-refractivity contribution is 0.729. The molecule has 0 amide bonds. The van der Waals surface area contributed by atoms with Crippen LogP contribution >= 0.6 is 23.4 Å². The molecule has 0 aliphatic rings. The van der Waals surface area contributed by atoms with Crippen molar-refractivity contribution in [1.29, 1.82) is 0 Å².